The van der Waals surface area contributed by atoms with E-state index in [1.165, 1.54) is 12.8 Å². The summed E-state index contributed by atoms with van der Waals surface area (Å²) in [5.74, 6) is 0.975. The highest BCUT2D eigenvalue weighted by atomic mass is 16.5. The Morgan fingerprint density at radius 2 is 1.96 bits per heavy atom. The fourth-order valence-electron chi connectivity index (χ4n) is 3.49. The zero-order valence-corrected chi connectivity index (χ0v) is 14.1. The van der Waals surface area contributed by atoms with E-state index >= 15 is 0 Å². The first-order valence-corrected chi connectivity index (χ1v) is 8.80. The molecule has 2 aliphatic rings. The molecular weight excluding hydrogens is 302 g/mol. The third-order valence-electron chi connectivity index (χ3n) is 4.93. The van der Waals surface area contributed by atoms with Gasteiger partial charge in [-0.05, 0) is 25.7 Å². The summed E-state index contributed by atoms with van der Waals surface area (Å²) >= 11 is 0. The van der Waals surface area contributed by atoms with Gasteiger partial charge in [-0.1, -0.05) is 35.5 Å². The van der Waals surface area contributed by atoms with Gasteiger partial charge in [0.25, 0.3) is 0 Å². The predicted octanol–water partition coefficient (Wildman–Crippen LogP) is 3.45. The first-order chi connectivity index (χ1) is 11.7. The highest BCUT2D eigenvalue weighted by molar-refractivity contribution is 5.75. The molecule has 0 N–H and O–H groups in total. The molecule has 1 saturated heterocycles. The Labute approximate surface area is 142 Å². The summed E-state index contributed by atoms with van der Waals surface area (Å²) in [6.07, 6.45) is 4.56. The Morgan fingerprint density at radius 1 is 1.25 bits per heavy atom. The van der Waals surface area contributed by atoms with E-state index in [0.29, 0.717) is 12.6 Å². The van der Waals surface area contributed by atoms with E-state index in [4.69, 9.17) is 4.52 Å². The van der Waals surface area contributed by atoms with Crippen molar-refractivity contribution < 1.29 is 9.32 Å². The number of benzene rings is 1. The molecule has 2 fully saturated rings. The zero-order chi connectivity index (χ0) is 16.5. The van der Waals surface area contributed by atoms with Gasteiger partial charge in [-0.2, -0.15) is 0 Å². The lowest BCUT2D eigenvalue weighted by atomic mass is 10.1. The second-order valence-electron chi connectivity index (χ2n) is 6.75. The van der Waals surface area contributed by atoms with Crippen LogP contribution in [0.5, 0.6) is 0 Å². The van der Waals surface area contributed by atoms with E-state index in [9.17, 15) is 4.79 Å². The van der Waals surface area contributed by atoms with Crippen LogP contribution in [0.1, 0.15) is 38.2 Å². The van der Waals surface area contributed by atoms with Crippen LogP contribution in [0.2, 0.25) is 0 Å². The maximum atomic E-state index is 12.1. The molecule has 24 heavy (non-hydrogen) atoms. The van der Waals surface area contributed by atoms with Gasteiger partial charge in [0.05, 0.1) is 12.1 Å². The van der Waals surface area contributed by atoms with Gasteiger partial charge in [0.15, 0.2) is 0 Å². The van der Waals surface area contributed by atoms with Gasteiger partial charge >= 0.3 is 0 Å². The number of carbonyl (C=O) groups is 1. The minimum absolute atomic E-state index is 0.130. The SMILES string of the molecule is CC(=O)N(Cc1c(-c2ccccc2)noc1N1CCCC1)C1CC1. The summed E-state index contributed by atoms with van der Waals surface area (Å²) in [5.41, 5.74) is 2.95. The summed E-state index contributed by atoms with van der Waals surface area (Å²) in [4.78, 5) is 16.3. The van der Waals surface area contributed by atoms with Crippen LogP contribution in [-0.2, 0) is 11.3 Å². The third-order valence-corrected chi connectivity index (χ3v) is 4.93. The highest BCUT2D eigenvalue weighted by Gasteiger charge is 2.34. The van der Waals surface area contributed by atoms with Crippen molar-refractivity contribution in [3.63, 3.8) is 0 Å². The number of aromatic nitrogens is 1. The molecule has 1 saturated carbocycles. The number of anilines is 1. The molecule has 1 aromatic heterocycles. The first-order valence-electron chi connectivity index (χ1n) is 8.80. The summed E-state index contributed by atoms with van der Waals surface area (Å²) < 4.78 is 5.75. The van der Waals surface area contributed by atoms with Gasteiger partial charge in [0, 0.05) is 31.6 Å². The molecule has 1 aliphatic heterocycles. The van der Waals surface area contributed by atoms with Crippen molar-refractivity contribution in [3.05, 3.63) is 35.9 Å². The Bertz CT molecular complexity index is 715. The standard InChI is InChI=1S/C19H23N3O2/c1-14(23)22(16-9-10-16)13-17-18(15-7-3-2-4-8-15)20-24-19(17)21-11-5-6-12-21/h2-4,7-8,16H,5-6,9-13H2,1H3. The van der Waals surface area contributed by atoms with Crippen molar-refractivity contribution in [3.8, 4) is 11.3 Å². The number of hydrogen-bond donors (Lipinski definition) is 0. The van der Waals surface area contributed by atoms with Crippen LogP contribution in [0.15, 0.2) is 34.9 Å². The molecule has 126 valence electrons. The van der Waals surface area contributed by atoms with E-state index < -0.39 is 0 Å². The fourth-order valence-corrected chi connectivity index (χ4v) is 3.49. The van der Waals surface area contributed by atoms with Crippen LogP contribution in [0, 0.1) is 0 Å². The molecule has 1 aliphatic carbocycles. The Kier molecular flexibility index (Phi) is 4.00. The van der Waals surface area contributed by atoms with Crippen molar-refractivity contribution >= 4 is 11.8 Å². The number of amides is 1. The van der Waals surface area contributed by atoms with Crippen molar-refractivity contribution in [2.45, 2.75) is 45.2 Å². The second-order valence-corrected chi connectivity index (χ2v) is 6.75. The molecule has 1 amide bonds. The summed E-state index contributed by atoms with van der Waals surface area (Å²) in [5, 5.41) is 4.37. The van der Waals surface area contributed by atoms with Crippen molar-refractivity contribution in [1.82, 2.24) is 10.1 Å². The minimum atomic E-state index is 0.130. The number of rotatable bonds is 5. The zero-order valence-electron chi connectivity index (χ0n) is 14.1. The van der Waals surface area contributed by atoms with E-state index in [1.54, 1.807) is 6.92 Å². The average molecular weight is 325 g/mol. The molecule has 2 heterocycles. The molecule has 2 aromatic rings. The normalized spacial score (nSPS) is 17.3. The minimum Gasteiger partial charge on any atom is -0.340 e. The van der Waals surface area contributed by atoms with Gasteiger partial charge in [0.2, 0.25) is 11.8 Å². The molecule has 0 bridgehead atoms. The smallest absolute Gasteiger partial charge is 0.232 e. The Balaban J connectivity index is 1.72. The molecule has 5 heteroatoms. The summed E-state index contributed by atoms with van der Waals surface area (Å²) in [6.45, 7) is 4.24. The van der Waals surface area contributed by atoms with Crippen LogP contribution in [-0.4, -0.2) is 35.1 Å². The predicted molar refractivity (Wildman–Crippen MR) is 92.6 cm³/mol. The molecular formula is C19H23N3O2. The molecule has 0 atom stereocenters. The lowest BCUT2D eigenvalue weighted by Crippen LogP contribution is -2.31. The van der Waals surface area contributed by atoms with Gasteiger partial charge in [-0.3, -0.25) is 4.79 Å². The molecule has 1 aromatic carbocycles. The maximum absolute atomic E-state index is 12.1. The number of hydrogen-bond acceptors (Lipinski definition) is 4. The van der Waals surface area contributed by atoms with Crippen LogP contribution >= 0.6 is 0 Å². The number of nitrogens with zero attached hydrogens (tertiary/aromatic N) is 3. The van der Waals surface area contributed by atoms with E-state index in [0.717, 1.165) is 48.6 Å². The lowest BCUT2D eigenvalue weighted by Gasteiger charge is -2.22. The monoisotopic (exact) mass is 325 g/mol. The maximum Gasteiger partial charge on any atom is 0.232 e. The van der Waals surface area contributed by atoms with Crippen LogP contribution in [0.25, 0.3) is 11.3 Å². The first kappa shape index (κ1) is 15.2. The van der Waals surface area contributed by atoms with E-state index in [2.05, 4.69) is 10.1 Å². The van der Waals surface area contributed by atoms with Crippen molar-refractivity contribution in [1.29, 1.82) is 0 Å². The number of carbonyl (C=O) groups excluding carboxylic acids is 1. The summed E-state index contributed by atoms with van der Waals surface area (Å²) in [6, 6.07) is 10.5. The highest BCUT2D eigenvalue weighted by Crippen LogP contribution is 2.36. The van der Waals surface area contributed by atoms with Crippen LogP contribution in [0.4, 0.5) is 5.88 Å². The third kappa shape index (κ3) is 2.90. The van der Waals surface area contributed by atoms with Gasteiger partial charge in [-0.25, -0.2) is 0 Å². The van der Waals surface area contributed by atoms with Gasteiger partial charge < -0.3 is 14.3 Å². The molecule has 5 nitrogen and oxygen atoms in total. The fraction of sp³-hybridized carbons (Fsp3) is 0.474. The Morgan fingerprint density at radius 3 is 2.58 bits per heavy atom. The van der Waals surface area contributed by atoms with Gasteiger partial charge in [-0.15, -0.1) is 0 Å². The van der Waals surface area contributed by atoms with E-state index in [1.807, 2.05) is 35.2 Å². The van der Waals surface area contributed by atoms with Crippen molar-refractivity contribution in [2.75, 3.05) is 18.0 Å². The Hall–Kier alpha value is -2.30. The largest absolute Gasteiger partial charge is 0.340 e. The van der Waals surface area contributed by atoms with Gasteiger partial charge in [0.1, 0.15) is 5.69 Å². The molecule has 0 unspecified atom stereocenters. The topological polar surface area (TPSA) is 49.6 Å². The quantitative estimate of drug-likeness (QED) is 0.845. The van der Waals surface area contributed by atoms with E-state index in [-0.39, 0.29) is 5.91 Å². The van der Waals surface area contributed by atoms with Crippen LogP contribution < -0.4 is 4.90 Å². The second kappa shape index (κ2) is 6.30. The average Bonchev–Trinajstić information content (AvgIpc) is 3.11. The molecule has 0 radical (unpaired) electrons. The van der Waals surface area contributed by atoms with Crippen molar-refractivity contribution in [2.24, 2.45) is 0 Å². The lowest BCUT2D eigenvalue weighted by molar-refractivity contribution is -0.130. The summed E-state index contributed by atoms with van der Waals surface area (Å²) in [7, 11) is 0. The molecule has 0 spiro atoms. The van der Waals surface area contributed by atoms with Crippen LogP contribution in [0.3, 0.4) is 0 Å². The molecule has 4 rings (SSSR count).